The molecule has 0 saturated heterocycles. The molecule has 21 heavy (non-hydrogen) atoms. The minimum atomic E-state index is 0.686. The molecule has 0 atom stereocenters. The van der Waals surface area contributed by atoms with Crippen molar-refractivity contribution in [2.45, 2.75) is 13.3 Å². The molecule has 2 heterocycles. The average Bonchev–Trinajstić information content (AvgIpc) is 2.50. The number of pyridine rings is 2. The SMILES string of the molecule is Cc1cnc(NCCc2cccc3cccnc23)c(N)c1. The summed E-state index contributed by atoms with van der Waals surface area (Å²) in [7, 11) is 0. The maximum atomic E-state index is 5.95. The summed E-state index contributed by atoms with van der Waals surface area (Å²) in [4.78, 5) is 8.79. The lowest BCUT2D eigenvalue weighted by atomic mass is 10.1. The number of aromatic nitrogens is 2. The van der Waals surface area contributed by atoms with Gasteiger partial charge in [0.25, 0.3) is 0 Å². The van der Waals surface area contributed by atoms with Crippen LogP contribution in [0.4, 0.5) is 11.5 Å². The third kappa shape index (κ3) is 2.94. The van der Waals surface area contributed by atoms with Crippen molar-refractivity contribution in [3.8, 4) is 0 Å². The molecule has 2 aromatic heterocycles. The predicted molar refractivity (Wildman–Crippen MR) is 87.3 cm³/mol. The Morgan fingerprint density at radius 3 is 2.86 bits per heavy atom. The number of nitrogens with two attached hydrogens (primary N) is 1. The van der Waals surface area contributed by atoms with Crippen molar-refractivity contribution in [3.63, 3.8) is 0 Å². The summed E-state index contributed by atoms with van der Waals surface area (Å²) < 4.78 is 0. The Morgan fingerprint density at radius 1 is 1.14 bits per heavy atom. The minimum absolute atomic E-state index is 0.686. The Kier molecular flexibility index (Phi) is 3.69. The second-order valence-corrected chi connectivity index (χ2v) is 5.12. The molecule has 106 valence electrons. The highest BCUT2D eigenvalue weighted by Gasteiger charge is 2.03. The van der Waals surface area contributed by atoms with Gasteiger partial charge in [-0.05, 0) is 36.6 Å². The number of fused-ring (bicyclic) bond motifs is 1. The molecule has 4 heteroatoms. The molecule has 3 N–H and O–H groups in total. The number of aryl methyl sites for hydroxylation is 1. The zero-order valence-electron chi connectivity index (χ0n) is 12.0. The topological polar surface area (TPSA) is 63.8 Å². The third-order valence-corrected chi connectivity index (χ3v) is 3.46. The summed E-state index contributed by atoms with van der Waals surface area (Å²) in [6.45, 7) is 2.75. The minimum Gasteiger partial charge on any atom is -0.396 e. The van der Waals surface area contributed by atoms with Crippen molar-refractivity contribution >= 4 is 22.4 Å². The van der Waals surface area contributed by atoms with E-state index in [9.17, 15) is 0 Å². The molecule has 0 unspecified atom stereocenters. The summed E-state index contributed by atoms with van der Waals surface area (Å²) in [5.41, 5.74) is 10.00. The van der Waals surface area contributed by atoms with Gasteiger partial charge in [0.05, 0.1) is 11.2 Å². The fourth-order valence-electron chi connectivity index (χ4n) is 2.42. The maximum Gasteiger partial charge on any atom is 0.149 e. The molecule has 0 aliphatic carbocycles. The van der Waals surface area contributed by atoms with Crippen LogP contribution in [0.1, 0.15) is 11.1 Å². The van der Waals surface area contributed by atoms with Crippen LogP contribution >= 0.6 is 0 Å². The average molecular weight is 278 g/mol. The second kappa shape index (κ2) is 5.79. The lowest BCUT2D eigenvalue weighted by molar-refractivity contribution is 1.01. The van der Waals surface area contributed by atoms with Crippen molar-refractivity contribution in [1.29, 1.82) is 0 Å². The molecule has 0 amide bonds. The first-order valence-corrected chi connectivity index (χ1v) is 7.02. The first kappa shape index (κ1) is 13.4. The number of rotatable bonds is 4. The summed E-state index contributed by atoms with van der Waals surface area (Å²) in [5, 5.41) is 4.46. The number of nitrogen functional groups attached to an aromatic ring is 1. The Bertz CT molecular complexity index is 762. The standard InChI is InChI=1S/C17H18N4/c1-12-10-15(18)17(21-11-12)20-9-7-14-5-2-4-13-6-3-8-19-16(13)14/h2-6,8,10-11H,7,9,18H2,1H3,(H,20,21). The molecule has 3 rings (SSSR count). The van der Waals surface area contributed by atoms with Crippen LogP contribution in [0.3, 0.4) is 0 Å². The molecule has 0 radical (unpaired) electrons. The first-order chi connectivity index (χ1) is 10.2. The fraction of sp³-hybridized carbons (Fsp3) is 0.176. The van der Waals surface area contributed by atoms with E-state index >= 15 is 0 Å². The zero-order valence-corrected chi connectivity index (χ0v) is 12.0. The van der Waals surface area contributed by atoms with E-state index in [4.69, 9.17) is 5.73 Å². The van der Waals surface area contributed by atoms with Gasteiger partial charge in [0.1, 0.15) is 5.82 Å². The van der Waals surface area contributed by atoms with E-state index in [2.05, 4.69) is 39.6 Å². The van der Waals surface area contributed by atoms with E-state index in [0.717, 1.165) is 29.9 Å². The normalized spacial score (nSPS) is 10.7. The zero-order chi connectivity index (χ0) is 14.7. The molecular formula is C17H18N4. The van der Waals surface area contributed by atoms with Crippen molar-refractivity contribution < 1.29 is 0 Å². The van der Waals surface area contributed by atoms with Crippen LogP contribution in [-0.4, -0.2) is 16.5 Å². The summed E-state index contributed by atoms with van der Waals surface area (Å²) in [6, 6.07) is 12.2. The van der Waals surface area contributed by atoms with Gasteiger partial charge >= 0.3 is 0 Å². The fourth-order valence-corrected chi connectivity index (χ4v) is 2.42. The molecule has 0 aliphatic heterocycles. The second-order valence-electron chi connectivity index (χ2n) is 5.12. The van der Waals surface area contributed by atoms with E-state index in [1.165, 1.54) is 10.9 Å². The van der Waals surface area contributed by atoms with Gasteiger partial charge in [0, 0.05) is 24.3 Å². The Hall–Kier alpha value is -2.62. The highest BCUT2D eigenvalue weighted by Crippen LogP contribution is 2.18. The monoisotopic (exact) mass is 278 g/mol. The van der Waals surface area contributed by atoms with Crippen LogP contribution in [-0.2, 0) is 6.42 Å². The number of benzene rings is 1. The molecule has 4 nitrogen and oxygen atoms in total. The highest BCUT2D eigenvalue weighted by molar-refractivity contribution is 5.81. The summed E-state index contributed by atoms with van der Waals surface area (Å²) in [5.74, 6) is 0.744. The van der Waals surface area contributed by atoms with E-state index in [1.54, 1.807) is 0 Å². The van der Waals surface area contributed by atoms with Crippen LogP contribution in [0, 0.1) is 6.92 Å². The van der Waals surface area contributed by atoms with Gasteiger partial charge in [-0.3, -0.25) is 4.98 Å². The van der Waals surface area contributed by atoms with Crippen LogP contribution in [0.15, 0.2) is 48.8 Å². The van der Waals surface area contributed by atoms with E-state index in [1.807, 2.05) is 31.5 Å². The third-order valence-electron chi connectivity index (χ3n) is 3.46. The van der Waals surface area contributed by atoms with Crippen LogP contribution in [0.5, 0.6) is 0 Å². The molecule has 0 fully saturated rings. The lowest BCUT2D eigenvalue weighted by Crippen LogP contribution is -2.09. The van der Waals surface area contributed by atoms with Crippen LogP contribution in [0.2, 0.25) is 0 Å². The van der Waals surface area contributed by atoms with Gasteiger partial charge in [-0.1, -0.05) is 24.3 Å². The van der Waals surface area contributed by atoms with Gasteiger partial charge in [-0.25, -0.2) is 4.98 Å². The summed E-state index contributed by atoms with van der Waals surface area (Å²) >= 11 is 0. The van der Waals surface area contributed by atoms with Crippen molar-refractivity contribution in [2.75, 3.05) is 17.6 Å². The first-order valence-electron chi connectivity index (χ1n) is 7.02. The quantitative estimate of drug-likeness (QED) is 0.769. The number of hydrogen-bond donors (Lipinski definition) is 2. The van der Waals surface area contributed by atoms with Gasteiger partial charge < -0.3 is 11.1 Å². The van der Waals surface area contributed by atoms with Crippen molar-refractivity contribution in [2.24, 2.45) is 0 Å². The maximum absolute atomic E-state index is 5.95. The summed E-state index contributed by atoms with van der Waals surface area (Å²) in [6.07, 6.45) is 4.53. The molecule has 0 saturated carbocycles. The Morgan fingerprint density at radius 2 is 2.00 bits per heavy atom. The molecule has 1 aromatic carbocycles. The van der Waals surface area contributed by atoms with Crippen LogP contribution < -0.4 is 11.1 Å². The lowest BCUT2D eigenvalue weighted by Gasteiger charge is -2.10. The van der Waals surface area contributed by atoms with Crippen molar-refractivity contribution in [3.05, 3.63) is 59.9 Å². The van der Waals surface area contributed by atoms with Crippen LogP contribution in [0.25, 0.3) is 10.9 Å². The highest BCUT2D eigenvalue weighted by atomic mass is 15.0. The number of nitrogens with one attached hydrogen (secondary N) is 1. The molecule has 0 bridgehead atoms. The number of anilines is 2. The largest absolute Gasteiger partial charge is 0.396 e. The molecular weight excluding hydrogens is 260 g/mol. The van der Waals surface area contributed by atoms with E-state index in [0.29, 0.717) is 5.69 Å². The Labute approximate surface area is 124 Å². The molecule has 3 aromatic rings. The smallest absolute Gasteiger partial charge is 0.149 e. The molecule has 0 spiro atoms. The van der Waals surface area contributed by atoms with Gasteiger partial charge in [-0.15, -0.1) is 0 Å². The number of hydrogen-bond acceptors (Lipinski definition) is 4. The Balaban J connectivity index is 1.72. The predicted octanol–water partition coefficient (Wildman–Crippen LogP) is 3.18. The van der Waals surface area contributed by atoms with Gasteiger partial charge in [-0.2, -0.15) is 0 Å². The van der Waals surface area contributed by atoms with E-state index in [-0.39, 0.29) is 0 Å². The number of nitrogens with zero attached hydrogens (tertiary/aromatic N) is 2. The van der Waals surface area contributed by atoms with Crippen molar-refractivity contribution in [1.82, 2.24) is 9.97 Å². The molecule has 0 aliphatic rings. The van der Waals surface area contributed by atoms with E-state index < -0.39 is 0 Å². The van der Waals surface area contributed by atoms with Gasteiger partial charge in [0.15, 0.2) is 0 Å². The van der Waals surface area contributed by atoms with Gasteiger partial charge in [0.2, 0.25) is 0 Å². The number of para-hydroxylation sites is 1.